The molecule has 0 spiro atoms. The zero-order valence-corrected chi connectivity index (χ0v) is 11.0. The molecule has 1 heterocycles. The van der Waals surface area contributed by atoms with Gasteiger partial charge in [-0.25, -0.2) is 0 Å². The predicted molar refractivity (Wildman–Crippen MR) is 65.0 cm³/mol. The molecule has 0 aliphatic carbocycles. The van der Waals surface area contributed by atoms with Crippen molar-refractivity contribution < 1.29 is 27.4 Å². The molecule has 0 saturated carbocycles. The molecule has 0 amide bonds. The summed E-state index contributed by atoms with van der Waals surface area (Å²) in [5.41, 5.74) is 0.227. The van der Waals surface area contributed by atoms with Crippen LogP contribution in [-0.4, -0.2) is 44.2 Å². The fraction of sp³-hybridized carbons (Fsp3) is 0.583. The van der Waals surface area contributed by atoms with Crippen molar-refractivity contribution in [1.29, 1.82) is 0 Å². The van der Waals surface area contributed by atoms with Crippen LogP contribution in [0, 0.1) is 6.92 Å². The van der Waals surface area contributed by atoms with Crippen LogP contribution < -0.4 is 10.3 Å². The van der Waals surface area contributed by atoms with Crippen molar-refractivity contribution in [2.24, 2.45) is 0 Å². The van der Waals surface area contributed by atoms with Gasteiger partial charge in [0.2, 0.25) is 0 Å². The van der Waals surface area contributed by atoms with Gasteiger partial charge in [-0.1, -0.05) is 0 Å². The van der Waals surface area contributed by atoms with E-state index in [1.165, 1.54) is 6.20 Å². The molecule has 0 radical (unpaired) electrons. The second kappa shape index (κ2) is 7.91. The first kappa shape index (κ1) is 16.5. The number of aromatic amines is 1. The molecule has 1 aromatic rings. The summed E-state index contributed by atoms with van der Waals surface area (Å²) in [6.45, 7) is 0.654. The van der Waals surface area contributed by atoms with Crippen molar-refractivity contribution in [1.82, 2.24) is 4.98 Å². The molecule has 0 unspecified atom stereocenters. The summed E-state index contributed by atoms with van der Waals surface area (Å²) in [6, 6.07) is 1.61. The van der Waals surface area contributed by atoms with E-state index < -0.39 is 12.8 Å². The minimum atomic E-state index is -4.32. The van der Waals surface area contributed by atoms with Crippen LogP contribution in [0.25, 0.3) is 0 Å². The second-order valence-corrected chi connectivity index (χ2v) is 3.92. The van der Waals surface area contributed by atoms with E-state index in [1.54, 1.807) is 13.0 Å². The Labute approximate surface area is 113 Å². The highest BCUT2D eigenvalue weighted by atomic mass is 19.4. The summed E-state index contributed by atoms with van der Waals surface area (Å²) in [6.07, 6.45) is -2.85. The van der Waals surface area contributed by atoms with Gasteiger partial charge in [0.1, 0.15) is 19.0 Å². The lowest BCUT2D eigenvalue weighted by molar-refractivity contribution is -0.176. The van der Waals surface area contributed by atoms with Crippen molar-refractivity contribution in [3.8, 4) is 5.75 Å². The summed E-state index contributed by atoms with van der Waals surface area (Å²) in [5.74, 6) is 0.450. The maximum absolute atomic E-state index is 11.7. The van der Waals surface area contributed by atoms with Gasteiger partial charge in [0.25, 0.3) is 5.56 Å². The Bertz CT molecular complexity index is 459. The Morgan fingerprint density at radius 2 is 1.80 bits per heavy atom. The van der Waals surface area contributed by atoms with Gasteiger partial charge in [-0.15, -0.1) is 0 Å². The molecule has 0 fully saturated rings. The van der Waals surface area contributed by atoms with Crippen LogP contribution in [0.2, 0.25) is 0 Å². The fourth-order valence-corrected chi connectivity index (χ4v) is 1.31. The van der Waals surface area contributed by atoms with Gasteiger partial charge in [-0.2, -0.15) is 13.2 Å². The van der Waals surface area contributed by atoms with Crippen LogP contribution in [0.15, 0.2) is 17.1 Å². The number of aromatic nitrogens is 1. The van der Waals surface area contributed by atoms with Crippen molar-refractivity contribution >= 4 is 0 Å². The van der Waals surface area contributed by atoms with E-state index in [0.29, 0.717) is 11.3 Å². The van der Waals surface area contributed by atoms with E-state index in [2.05, 4.69) is 9.72 Å². The SMILES string of the molecule is Cc1c(OCCOCCOCC(F)(F)F)cc[nH]c1=O. The minimum absolute atomic E-state index is 0.0494. The molecule has 0 atom stereocenters. The Morgan fingerprint density at radius 1 is 1.15 bits per heavy atom. The highest BCUT2D eigenvalue weighted by Crippen LogP contribution is 2.14. The van der Waals surface area contributed by atoms with E-state index in [1.807, 2.05) is 0 Å². The van der Waals surface area contributed by atoms with Crippen molar-refractivity contribution in [2.75, 3.05) is 33.0 Å². The zero-order valence-electron chi connectivity index (χ0n) is 11.0. The predicted octanol–water partition coefficient (Wildman–Crippen LogP) is 1.66. The molecule has 0 bridgehead atoms. The maximum Gasteiger partial charge on any atom is 0.411 e. The normalized spacial score (nSPS) is 11.6. The number of H-pyrrole nitrogens is 1. The van der Waals surface area contributed by atoms with E-state index in [0.717, 1.165) is 0 Å². The average Bonchev–Trinajstić information content (AvgIpc) is 2.36. The quantitative estimate of drug-likeness (QED) is 0.741. The number of pyridine rings is 1. The topological polar surface area (TPSA) is 60.6 Å². The molecule has 8 heteroatoms. The highest BCUT2D eigenvalue weighted by molar-refractivity contribution is 5.28. The van der Waals surface area contributed by atoms with Gasteiger partial charge < -0.3 is 19.2 Å². The number of alkyl halides is 3. The Morgan fingerprint density at radius 3 is 2.50 bits per heavy atom. The third-order valence-electron chi connectivity index (χ3n) is 2.28. The molecule has 114 valence electrons. The molecule has 0 aromatic carbocycles. The van der Waals surface area contributed by atoms with Crippen molar-refractivity contribution in [3.63, 3.8) is 0 Å². The smallest absolute Gasteiger partial charge is 0.411 e. The second-order valence-electron chi connectivity index (χ2n) is 3.92. The third kappa shape index (κ3) is 6.58. The summed E-state index contributed by atoms with van der Waals surface area (Å²) >= 11 is 0. The summed E-state index contributed by atoms with van der Waals surface area (Å²) in [4.78, 5) is 13.8. The molecular formula is C12H16F3NO4. The first-order chi connectivity index (χ1) is 9.40. The van der Waals surface area contributed by atoms with E-state index >= 15 is 0 Å². The van der Waals surface area contributed by atoms with Crippen LogP contribution in [0.4, 0.5) is 13.2 Å². The van der Waals surface area contributed by atoms with Crippen LogP contribution in [0.5, 0.6) is 5.75 Å². The number of ether oxygens (including phenoxy) is 3. The molecular weight excluding hydrogens is 279 g/mol. The molecule has 20 heavy (non-hydrogen) atoms. The van der Waals surface area contributed by atoms with Gasteiger partial charge in [0, 0.05) is 6.20 Å². The summed E-state index contributed by atoms with van der Waals surface area (Å²) < 4.78 is 49.9. The molecule has 0 aliphatic rings. The standard InChI is InChI=1S/C12H16F3NO4/c1-9-10(2-3-16-11(9)17)20-7-6-18-4-5-19-8-12(13,14)15/h2-3H,4-8H2,1H3,(H,16,17). The summed E-state index contributed by atoms with van der Waals surface area (Å²) in [5, 5.41) is 0. The first-order valence-electron chi connectivity index (χ1n) is 5.93. The van der Waals surface area contributed by atoms with E-state index in [9.17, 15) is 18.0 Å². The van der Waals surface area contributed by atoms with Gasteiger partial charge in [0.05, 0.1) is 25.4 Å². The van der Waals surface area contributed by atoms with Crippen molar-refractivity contribution in [2.45, 2.75) is 13.1 Å². The highest BCUT2D eigenvalue weighted by Gasteiger charge is 2.27. The molecule has 1 aromatic heterocycles. The fourth-order valence-electron chi connectivity index (χ4n) is 1.31. The van der Waals surface area contributed by atoms with E-state index in [4.69, 9.17) is 9.47 Å². The molecule has 5 nitrogen and oxygen atoms in total. The lowest BCUT2D eigenvalue weighted by Crippen LogP contribution is -2.19. The van der Waals surface area contributed by atoms with Crippen LogP contribution >= 0.6 is 0 Å². The number of halogens is 3. The molecule has 0 saturated heterocycles. The summed E-state index contributed by atoms with van der Waals surface area (Å²) in [7, 11) is 0. The van der Waals surface area contributed by atoms with Crippen LogP contribution in [0.3, 0.4) is 0 Å². The van der Waals surface area contributed by atoms with E-state index in [-0.39, 0.29) is 32.0 Å². The minimum Gasteiger partial charge on any atom is -0.491 e. The first-order valence-corrected chi connectivity index (χ1v) is 5.93. The monoisotopic (exact) mass is 295 g/mol. The molecule has 1 N–H and O–H groups in total. The lowest BCUT2D eigenvalue weighted by atomic mass is 10.3. The van der Waals surface area contributed by atoms with Crippen LogP contribution in [0.1, 0.15) is 5.56 Å². The van der Waals surface area contributed by atoms with Gasteiger partial charge in [-0.3, -0.25) is 4.79 Å². The number of hydrogen-bond donors (Lipinski definition) is 1. The maximum atomic E-state index is 11.7. The van der Waals surface area contributed by atoms with Crippen molar-refractivity contribution in [3.05, 3.63) is 28.2 Å². The average molecular weight is 295 g/mol. The number of rotatable bonds is 8. The largest absolute Gasteiger partial charge is 0.491 e. The third-order valence-corrected chi connectivity index (χ3v) is 2.28. The molecule has 1 rings (SSSR count). The van der Waals surface area contributed by atoms with Crippen LogP contribution in [-0.2, 0) is 9.47 Å². The van der Waals surface area contributed by atoms with Gasteiger partial charge in [-0.05, 0) is 13.0 Å². The van der Waals surface area contributed by atoms with Gasteiger partial charge in [0.15, 0.2) is 0 Å². The molecule has 0 aliphatic heterocycles. The number of hydrogen-bond acceptors (Lipinski definition) is 4. The van der Waals surface area contributed by atoms with Gasteiger partial charge >= 0.3 is 6.18 Å². The lowest BCUT2D eigenvalue weighted by Gasteiger charge is -2.09. The number of nitrogens with one attached hydrogen (secondary N) is 1. The Balaban J connectivity index is 2.08. The zero-order chi connectivity index (χ0) is 15.0. The Kier molecular flexibility index (Phi) is 6.53. The Hall–Kier alpha value is -1.54.